The third kappa shape index (κ3) is 8.17. The number of carbonyl (C=O) groups is 2. The summed E-state index contributed by atoms with van der Waals surface area (Å²) in [4.78, 5) is 24.0. The molecule has 3 aromatic rings. The first-order valence-corrected chi connectivity index (χ1v) is 14.9. The Labute approximate surface area is 240 Å². The molecule has 0 heterocycles. The van der Waals surface area contributed by atoms with Crippen LogP contribution in [0, 0.1) is 12.3 Å². The quantitative estimate of drug-likeness (QED) is 0.158. The molecule has 6 N–H and O–H groups in total. The van der Waals surface area contributed by atoms with Gasteiger partial charge in [-0.1, -0.05) is 67.4 Å². The molecule has 0 aromatic heterocycles. The van der Waals surface area contributed by atoms with Gasteiger partial charge < -0.3 is 21.9 Å². The summed E-state index contributed by atoms with van der Waals surface area (Å²) < 4.78 is 28.1. The van der Waals surface area contributed by atoms with Gasteiger partial charge in [0.2, 0.25) is 21.8 Å². The lowest BCUT2D eigenvalue weighted by Gasteiger charge is -2.31. The van der Waals surface area contributed by atoms with E-state index in [1.807, 2.05) is 42.5 Å². The Balaban J connectivity index is 1.56. The fourth-order valence-corrected chi connectivity index (χ4v) is 6.40. The van der Waals surface area contributed by atoms with Gasteiger partial charge in [-0.25, -0.2) is 8.42 Å². The number of benzene rings is 3. The Morgan fingerprint density at radius 2 is 1.82 bits per heavy atom. The van der Waals surface area contributed by atoms with Crippen molar-refractivity contribution in [1.82, 2.24) is 9.62 Å². The van der Waals surface area contributed by atoms with Crippen LogP contribution in [0.15, 0.2) is 65.6 Å². The maximum atomic E-state index is 13.5. The van der Waals surface area contributed by atoms with E-state index < -0.39 is 34.5 Å². The van der Waals surface area contributed by atoms with Gasteiger partial charge in [0.25, 0.3) is 0 Å². The normalized spacial score (nSPS) is 13.3. The minimum absolute atomic E-state index is 0.0810. The van der Waals surface area contributed by atoms with E-state index in [2.05, 4.69) is 5.32 Å². The van der Waals surface area contributed by atoms with Crippen molar-refractivity contribution in [1.29, 1.82) is 0 Å². The number of amides is 2. The van der Waals surface area contributed by atoms with Gasteiger partial charge in [-0.2, -0.15) is 4.31 Å². The number of aliphatic hydroxyl groups is 1. The molecule has 0 aliphatic carbocycles. The fourth-order valence-electron chi connectivity index (χ4n) is 4.40. The van der Waals surface area contributed by atoms with E-state index in [4.69, 9.17) is 23.1 Å². The van der Waals surface area contributed by atoms with Crippen molar-refractivity contribution in [3.8, 4) is 0 Å². The Morgan fingerprint density at radius 1 is 1.10 bits per heavy atom. The molecule has 0 aliphatic heterocycles. The lowest BCUT2D eigenvalue weighted by Crippen LogP contribution is -2.46. The van der Waals surface area contributed by atoms with Crippen molar-refractivity contribution in [3.63, 3.8) is 0 Å². The molecule has 215 valence electrons. The summed E-state index contributed by atoms with van der Waals surface area (Å²) in [6.45, 7) is 1.25. The summed E-state index contributed by atoms with van der Waals surface area (Å²) in [5.41, 5.74) is 12.4. The molecule has 2 unspecified atom stereocenters. The van der Waals surface area contributed by atoms with Crippen LogP contribution < -0.4 is 16.8 Å². The highest BCUT2D eigenvalue weighted by atomic mass is 35.5. The predicted octanol–water partition coefficient (Wildman–Crippen LogP) is 3.28. The van der Waals surface area contributed by atoms with Crippen molar-refractivity contribution in [3.05, 3.63) is 77.7 Å². The van der Waals surface area contributed by atoms with Gasteiger partial charge in [-0.3, -0.25) is 9.59 Å². The van der Waals surface area contributed by atoms with E-state index in [-0.39, 0.29) is 28.1 Å². The number of aliphatic hydroxyl groups excluding tert-OH is 1. The topological polar surface area (TPSA) is 156 Å². The number of sulfonamides is 1. The highest BCUT2D eigenvalue weighted by Gasteiger charge is 2.33. The Kier molecular flexibility index (Phi) is 11.3. The van der Waals surface area contributed by atoms with Crippen LogP contribution in [0.4, 0.5) is 5.69 Å². The van der Waals surface area contributed by atoms with Crippen LogP contribution in [0.25, 0.3) is 10.8 Å². The molecule has 40 heavy (non-hydrogen) atoms. The summed E-state index contributed by atoms with van der Waals surface area (Å²) in [6, 6.07) is 17.2. The van der Waals surface area contributed by atoms with Gasteiger partial charge in [-0.05, 0) is 53.8 Å². The van der Waals surface area contributed by atoms with Crippen LogP contribution in [0.2, 0.25) is 5.02 Å². The number of nitrogen functional groups attached to an aromatic ring is 1. The molecule has 0 fully saturated rings. The van der Waals surface area contributed by atoms with Gasteiger partial charge in [0.1, 0.15) is 0 Å². The summed E-state index contributed by atoms with van der Waals surface area (Å²) in [6.07, 6.45) is 3.50. The number of primary amides is 1. The van der Waals surface area contributed by atoms with Crippen LogP contribution in [-0.2, 0) is 26.0 Å². The van der Waals surface area contributed by atoms with Crippen molar-refractivity contribution >= 4 is 49.9 Å². The molecule has 3 rings (SSSR count). The Morgan fingerprint density at radius 3 is 2.52 bits per heavy atom. The van der Waals surface area contributed by atoms with Crippen LogP contribution in [-0.4, -0.2) is 55.4 Å². The van der Waals surface area contributed by atoms with E-state index in [9.17, 15) is 23.1 Å². The molecule has 9 nitrogen and oxygen atoms in total. The standard InChI is InChI=1S/C29H36ClN4O5S/c1-20(29(32)37)18-34(40(38,39)24-13-14-27(31)26(30)17-24)23(19-35)10-4-5-16-33-28(36)15-12-22-9-6-8-21-7-2-3-11-25(21)22/h2-3,6-9,11,13-15,17,20,23,35H,4-5,10,12,16,18-19,31H2,1H3,(H2,32,37)(H,33,36). The lowest BCUT2D eigenvalue weighted by atomic mass is 10.0. The number of nitrogens with two attached hydrogens (primary N) is 2. The Hall–Kier alpha value is -3.18. The van der Waals surface area contributed by atoms with Crippen molar-refractivity contribution in [2.75, 3.05) is 25.4 Å². The molecule has 2 amide bonds. The van der Waals surface area contributed by atoms with Gasteiger partial charge >= 0.3 is 0 Å². The van der Waals surface area contributed by atoms with Gasteiger partial charge in [0.15, 0.2) is 0 Å². The third-order valence-corrected chi connectivity index (χ3v) is 9.03. The second kappa shape index (κ2) is 14.5. The van der Waals surface area contributed by atoms with E-state index >= 15 is 0 Å². The fraction of sp³-hybridized carbons (Fsp3) is 0.345. The highest BCUT2D eigenvalue weighted by Crippen LogP contribution is 2.27. The van der Waals surface area contributed by atoms with E-state index in [0.717, 1.165) is 20.6 Å². The summed E-state index contributed by atoms with van der Waals surface area (Å²) in [7, 11) is -4.13. The third-order valence-electron chi connectivity index (χ3n) is 6.79. The van der Waals surface area contributed by atoms with Crippen LogP contribution in [0.3, 0.4) is 0 Å². The first kappa shape index (κ1) is 31.3. The first-order chi connectivity index (χ1) is 19.0. The number of hydrogen-bond donors (Lipinski definition) is 4. The molecule has 0 spiro atoms. The molecule has 3 aromatic carbocycles. The zero-order chi connectivity index (χ0) is 29.3. The maximum absolute atomic E-state index is 13.5. The summed E-state index contributed by atoms with van der Waals surface area (Å²) in [5.74, 6) is -1.63. The SMILES string of the molecule is CC(CN(C(CO)CCCCNC(=O)[CH]Cc1cccc2ccccc12)S(=O)(=O)c1ccc(N)c(Cl)c1)C(N)=O. The molecule has 0 saturated carbocycles. The van der Waals surface area contributed by atoms with Crippen molar-refractivity contribution in [2.24, 2.45) is 11.7 Å². The first-order valence-electron chi connectivity index (χ1n) is 13.1. The highest BCUT2D eigenvalue weighted by molar-refractivity contribution is 7.89. The van der Waals surface area contributed by atoms with E-state index in [1.54, 1.807) is 6.42 Å². The van der Waals surface area contributed by atoms with Gasteiger partial charge in [-0.15, -0.1) is 0 Å². The van der Waals surface area contributed by atoms with Crippen LogP contribution in [0.5, 0.6) is 0 Å². The van der Waals surface area contributed by atoms with Gasteiger partial charge in [0.05, 0.1) is 28.6 Å². The number of hydrogen-bond acceptors (Lipinski definition) is 6. The van der Waals surface area contributed by atoms with E-state index in [1.165, 1.54) is 25.1 Å². The number of anilines is 1. The average Bonchev–Trinajstić information content (AvgIpc) is 2.93. The molecule has 1 radical (unpaired) electrons. The smallest absolute Gasteiger partial charge is 0.243 e. The molecular formula is C29H36ClN4O5S. The zero-order valence-corrected chi connectivity index (χ0v) is 24.0. The minimum Gasteiger partial charge on any atom is -0.398 e. The largest absolute Gasteiger partial charge is 0.398 e. The molecule has 11 heteroatoms. The van der Waals surface area contributed by atoms with Gasteiger partial charge in [0, 0.05) is 25.0 Å². The van der Waals surface area contributed by atoms with Crippen LogP contribution >= 0.6 is 11.6 Å². The number of rotatable bonds is 15. The van der Waals surface area contributed by atoms with Crippen molar-refractivity contribution < 1.29 is 23.1 Å². The monoisotopic (exact) mass is 587 g/mol. The number of halogens is 1. The molecule has 0 bridgehead atoms. The summed E-state index contributed by atoms with van der Waals surface area (Å²) >= 11 is 6.05. The lowest BCUT2D eigenvalue weighted by molar-refractivity contribution is -0.121. The second-order valence-corrected chi connectivity index (χ2v) is 12.0. The molecule has 0 saturated heterocycles. The number of fused-ring (bicyclic) bond motifs is 1. The molecule has 0 aliphatic rings. The second-order valence-electron chi connectivity index (χ2n) is 9.73. The minimum atomic E-state index is -4.13. The predicted molar refractivity (Wildman–Crippen MR) is 158 cm³/mol. The van der Waals surface area contributed by atoms with Crippen LogP contribution in [0.1, 0.15) is 31.7 Å². The molecule has 2 atom stereocenters. The number of carbonyl (C=O) groups excluding carboxylic acids is 2. The average molecular weight is 588 g/mol. The Bertz CT molecular complexity index is 1430. The zero-order valence-electron chi connectivity index (χ0n) is 22.4. The van der Waals surface area contributed by atoms with Crippen molar-refractivity contribution in [2.45, 2.75) is 43.5 Å². The number of nitrogens with one attached hydrogen (secondary N) is 1. The summed E-state index contributed by atoms with van der Waals surface area (Å²) in [5, 5.41) is 15.3. The maximum Gasteiger partial charge on any atom is 0.243 e. The van der Waals surface area contributed by atoms with E-state index in [0.29, 0.717) is 32.2 Å². The number of unbranched alkanes of at least 4 members (excludes halogenated alkanes) is 1. The number of nitrogens with zero attached hydrogens (tertiary/aromatic N) is 1. The molecular weight excluding hydrogens is 552 g/mol.